The number of carbonyl (C=O) groups excluding carboxylic acids is 1. The zero-order chi connectivity index (χ0) is 20.4. The fourth-order valence-corrected chi connectivity index (χ4v) is 4.40. The fourth-order valence-electron chi connectivity index (χ4n) is 4.40. The van der Waals surface area contributed by atoms with E-state index in [-0.39, 0.29) is 11.5 Å². The molecule has 4 heteroatoms. The molecule has 0 unspecified atom stereocenters. The van der Waals surface area contributed by atoms with Gasteiger partial charge in [0.25, 0.3) is 5.91 Å². The standard InChI is InChI=1S/C25H31NO3/c1-17-7-4-5-9-21(17)26-24(27)19-13-11-18(12-14-19)16-28-22-10-6-8-20-15-25(2,3)29-23(20)22/h6,8,10-14,17,21H,4-5,7,9,15-16H2,1-3H3,(H,26,27)/t17-,21+/m1/s1. The van der Waals surface area contributed by atoms with Crippen LogP contribution in [0.3, 0.4) is 0 Å². The zero-order valence-corrected chi connectivity index (χ0v) is 17.7. The van der Waals surface area contributed by atoms with Gasteiger partial charge in [-0.2, -0.15) is 0 Å². The van der Waals surface area contributed by atoms with Crippen molar-refractivity contribution in [2.45, 2.75) is 71.1 Å². The Balaban J connectivity index is 1.36. The Hall–Kier alpha value is -2.49. The Morgan fingerprint density at radius 3 is 2.66 bits per heavy atom. The molecule has 29 heavy (non-hydrogen) atoms. The van der Waals surface area contributed by atoms with Gasteiger partial charge in [0.2, 0.25) is 0 Å². The van der Waals surface area contributed by atoms with Crippen LogP contribution in [-0.2, 0) is 13.0 Å². The maximum Gasteiger partial charge on any atom is 0.251 e. The number of rotatable bonds is 5. The van der Waals surface area contributed by atoms with Crippen LogP contribution in [-0.4, -0.2) is 17.6 Å². The SMILES string of the molecule is C[C@@H]1CCCC[C@@H]1NC(=O)c1ccc(COc2cccc3c2OC(C)(C)C3)cc1. The summed E-state index contributed by atoms with van der Waals surface area (Å²) in [6, 6.07) is 14.1. The number of ether oxygens (including phenoxy) is 2. The Morgan fingerprint density at radius 1 is 1.14 bits per heavy atom. The number of benzene rings is 2. The van der Waals surface area contributed by atoms with Gasteiger partial charge in [-0.25, -0.2) is 0 Å². The van der Waals surface area contributed by atoms with Crippen molar-refractivity contribution in [1.82, 2.24) is 5.32 Å². The van der Waals surface area contributed by atoms with E-state index < -0.39 is 0 Å². The molecule has 4 rings (SSSR count). The van der Waals surface area contributed by atoms with Crippen LogP contribution >= 0.6 is 0 Å². The molecular formula is C25H31NO3. The average Bonchev–Trinajstić information content (AvgIpc) is 3.03. The normalized spacial score (nSPS) is 22.4. The van der Waals surface area contributed by atoms with E-state index >= 15 is 0 Å². The number of fused-ring (bicyclic) bond motifs is 1. The van der Waals surface area contributed by atoms with Gasteiger partial charge in [-0.05, 0) is 56.4 Å². The summed E-state index contributed by atoms with van der Waals surface area (Å²) in [7, 11) is 0. The molecule has 1 amide bonds. The van der Waals surface area contributed by atoms with Crippen molar-refractivity contribution in [1.29, 1.82) is 0 Å². The smallest absolute Gasteiger partial charge is 0.251 e. The molecule has 1 aliphatic heterocycles. The predicted octanol–water partition coefficient (Wildman–Crippen LogP) is 5.29. The summed E-state index contributed by atoms with van der Waals surface area (Å²) >= 11 is 0. The van der Waals surface area contributed by atoms with E-state index in [2.05, 4.69) is 32.2 Å². The van der Waals surface area contributed by atoms with Crippen molar-refractivity contribution in [2.75, 3.05) is 0 Å². The largest absolute Gasteiger partial charge is 0.485 e. The lowest BCUT2D eigenvalue weighted by Gasteiger charge is -2.29. The maximum atomic E-state index is 12.6. The monoisotopic (exact) mass is 393 g/mol. The van der Waals surface area contributed by atoms with Gasteiger partial charge in [0.15, 0.2) is 11.5 Å². The van der Waals surface area contributed by atoms with E-state index in [1.807, 2.05) is 36.4 Å². The third kappa shape index (κ3) is 4.58. The van der Waals surface area contributed by atoms with E-state index in [4.69, 9.17) is 9.47 Å². The summed E-state index contributed by atoms with van der Waals surface area (Å²) in [6.07, 6.45) is 5.65. The molecule has 0 saturated heterocycles. The van der Waals surface area contributed by atoms with Gasteiger partial charge < -0.3 is 14.8 Å². The first-order valence-corrected chi connectivity index (χ1v) is 10.7. The number of hydrogen-bond acceptors (Lipinski definition) is 3. The Kier molecular flexibility index (Phi) is 5.53. The number of para-hydroxylation sites is 1. The van der Waals surface area contributed by atoms with Crippen LogP contribution in [0.5, 0.6) is 11.5 Å². The lowest BCUT2D eigenvalue weighted by molar-refractivity contribution is 0.0910. The summed E-state index contributed by atoms with van der Waals surface area (Å²) in [5, 5.41) is 3.21. The highest BCUT2D eigenvalue weighted by molar-refractivity contribution is 5.94. The molecule has 1 N–H and O–H groups in total. The second-order valence-electron chi connectivity index (χ2n) is 9.11. The van der Waals surface area contributed by atoms with Gasteiger partial charge in [-0.1, -0.05) is 44.0 Å². The quantitative estimate of drug-likeness (QED) is 0.751. The van der Waals surface area contributed by atoms with Gasteiger partial charge in [-0.15, -0.1) is 0 Å². The van der Waals surface area contributed by atoms with Crippen molar-refractivity contribution in [2.24, 2.45) is 5.92 Å². The Labute approximate surface area is 173 Å². The molecule has 1 aliphatic carbocycles. The van der Waals surface area contributed by atoms with Crippen LogP contribution in [0.15, 0.2) is 42.5 Å². The van der Waals surface area contributed by atoms with Crippen molar-refractivity contribution in [3.8, 4) is 11.5 Å². The summed E-state index contributed by atoms with van der Waals surface area (Å²) in [4.78, 5) is 12.6. The van der Waals surface area contributed by atoms with Gasteiger partial charge >= 0.3 is 0 Å². The summed E-state index contributed by atoms with van der Waals surface area (Å²) in [5.41, 5.74) is 2.74. The highest BCUT2D eigenvalue weighted by Crippen LogP contribution is 2.41. The van der Waals surface area contributed by atoms with Gasteiger partial charge in [0.1, 0.15) is 12.2 Å². The molecule has 0 spiro atoms. The number of hydrogen-bond donors (Lipinski definition) is 1. The number of amides is 1. The van der Waals surface area contributed by atoms with Crippen LogP contribution in [0.2, 0.25) is 0 Å². The van der Waals surface area contributed by atoms with Crippen molar-refractivity contribution in [3.05, 3.63) is 59.2 Å². The lowest BCUT2D eigenvalue weighted by Crippen LogP contribution is -2.41. The molecule has 1 heterocycles. The van der Waals surface area contributed by atoms with Crippen molar-refractivity contribution >= 4 is 5.91 Å². The maximum absolute atomic E-state index is 12.6. The van der Waals surface area contributed by atoms with Crippen molar-refractivity contribution < 1.29 is 14.3 Å². The van der Waals surface area contributed by atoms with E-state index in [1.54, 1.807) is 0 Å². The molecule has 154 valence electrons. The molecule has 0 bridgehead atoms. The molecule has 0 aromatic heterocycles. The van der Waals surface area contributed by atoms with Crippen molar-refractivity contribution in [3.63, 3.8) is 0 Å². The topological polar surface area (TPSA) is 47.6 Å². The molecule has 4 nitrogen and oxygen atoms in total. The second-order valence-corrected chi connectivity index (χ2v) is 9.11. The minimum absolute atomic E-state index is 0.0210. The van der Waals surface area contributed by atoms with Crippen LogP contribution in [0.1, 0.15) is 67.9 Å². The third-order valence-corrected chi connectivity index (χ3v) is 6.09. The molecular weight excluding hydrogens is 362 g/mol. The van der Waals surface area contributed by atoms with Gasteiger partial charge in [0, 0.05) is 23.6 Å². The Bertz CT molecular complexity index is 872. The van der Waals surface area contributed by atoms with E-state index in [0.29, 0.717) is 24.1 Å². The summed E-state index contributed by atoms with van der Waals surface area (Å²) in [6.45, 7) is 6.86. The highest BCUT2D eigenvalue weighted by Gasteiger charge is 2.32. The third-order valence-electron chi connectivity index (χ3n) is 6.09. The van der Waals surface area contributed by atoms with E-state index in [0.717, 1.165) is 29.9 Å². The second kappa shape index (κ2) is 8.10. The van der Waals surface area contributed by atoms with Crippen LogP contribution < -0.4 is 14.8 Å². The number of nitrogens with one attached hydrogen (secondary N) is 1. The summed E-state index contributed by atoms with van der Waals surface area (Å²) < 4.78 is 12.1. The minimum Gasteiger partial charge on any atom is -0.485 e. The molecule has 2 aromatic carbocycles. The molecule has 2 atom stereocenters. The van der Waals surface area contributed by atoms with Crippen LogP contribution in [0.4, 0.5) is 0 Å². The van der Waals surface area contributed by atoms with Crippen LogP contribution in [0, 0.1) is 5.92 Å². The average molecular weight is 394 g/mol. The molecule has 1 fully saturated rings. The van der Waals surface area contributed by atoms with Gasteiger partial charge in [0.05, 0.1) is 0 Å². The molecule has 1 saturated carbocycles. The molecule has 2 aromatic rings. The highest BCUT2D eigenvalue weighted by atomic mass is 16.5. The summed E-state index contributed by atoms with van der Waals surface area (Å²) in [5.74, 6) is 2.21. The fraction of sp³-hybridized carbons (Fsp3) is 0.480. The molecule has 0 radical (unpaired) electrons. The first kappa shape index (κ1) is 19.8. The van der Waals surface area contributed by atoms with Gasteiger partial charge in [-0.3, -0.25) is 4.79 Å². The first-order valence-electron chi connectivity index (χ1n) is 10.7. The minimum atomic E-state index is -0.188. The van der Waals surface area contributed by atoms with E-state index in [1.165, 1.54) is 24.8 Å². The number of carbonyl (C=O) groups is 1. The first-order chi connectivity index (χ1) is 13.9. The van der Waals surface area contributed by atoms with Crippen LogP contribution in [0.25, 0.3) is 0 Å². The zero-order valence-electron chi connectivity index (χ0n) is 17.7. The molecule has 2 aliphatic rings. The predicted molar refractivity (Wildman–Crippen MR) is 115 cm³/mol. The van der Waals surface area contributed by atoms with E-state index in [9.17, 15) is 4.79 Å². The lowest BCUT2D eigenvalue weighted by atomic mass is 9.86. The Morgan fingerprint density at radius 2 is 1.90 bits per heavy atom.